The predicted octanol–water partition coefficient (Wildman–Crippen LogP) is -0.937. The molecule has 0 aromatic heterocycles. The molecule has 0 saturated carbocycles. The van der Waals surface area contributed by atoms with Crippen molar-refractivity contribution in [2.75, 3.05) is 0 Å². The van der Waals surface area contributed by atoms with Gasteiger partial charge < -0.3 is 0 Å². The number of hydrogen-bond donors (Lipinski definition) is 1. The Hall–Kier alpha value is -0.171. The van der Waals surface area contributed by atoms with Crippen molar-refractivity contribution >= 4 is 8.54 Å². The molecule has 0 aliphatic carbocycles. The van der Waals surface area contributed by atoms with Crippen LogP contribution in [0.15, 0.2) is 0 Å². The molecular formula is HFeNO5S. The summed E-state index contributed by atoms with van der Waals surface area (Å²) in [5.41, 5.74) is 0. The number of hydrogen-bond acceptors (Lipinski definition) is 4. The molecule has 0 atom stereocenters. The van der Waals surface area contributed by atoms with E-state index in [0.29, 0.717) is 0 Å². The Labute approximate surface area is 50.2 Å². The van der Waals surface area contributed by atoms with Crippen molar-refractivity contribution < 1.29 is 31.0 Å². The van der Waals surface area contributed by atoms with Gasteiger partial charge in [-0.05, 0) is 0 Å². The molecule has 0 bridgehead atoms. The SMILES string of the molecule is O=[N+]([O-])[Fe][S](=O)(=O)O. The van der Waals surface area contributed by atoms with Crippen molar-refractivity contribution in [3.05, 3.63) is 10.1 Å². The van der Waals surface area contributed by atoms with Crippen LogP contribution in [0.4, 0.5) is 0 Å². The van der Waals surface area contributed by atoms with Gasteiger partial charge in [-0.1, -0.05) is 0 Å². The van der Waals surface area contributed by atoms with Crippen molar-refractivity contribution in [1.82, 2.24) is 0 Å². The third-order valence-corrected chi connectivity index (χ3v) is 1.66. The van der Waals surface area contributed by atoms with Gasteiger partial charge in [-0.3, -0.25) is 0 Å². The Morgan fingerprint density at radius 3 is 2.00 bits per heavy atom. The third-order valence-electron chi connectivity index (χ3n) is 0.134. The summed E-state index contributed by atoms with van der Waals surface area (Å²) in [6.45, 7) is 0. The third kappa shape index (κ3) is 5.83. The summed E-state index contributed by atoms with van der Waals surface area (Å²) < 4.78 is 25.7. The molecule has 6 nitrogen and oxygen atoms in total. The number of nitrogens with zero attached hydrogens (tertiary/aromatic N) is 1. The maximum atomic E-state index is 9.56. The zero-order valence-corrected chi connectivity index (χ0v) is 5.21. The molecule has 0 aromatic rings. The van der Waals surface area contributed by atoms with Crippen LogP contribution < -0.4 is 0 Å². The van der Waals surface area contributed by atoms with Crippen molar-refractivity contribution in [2.45, 2.75) is 0 Å². The normalized spacial score (nSPS) is 11.6. The van der Waals surface area contributed by atoms with E-state index in [4.69, 9.17) is 4.55 Å². The van der Waals surface area contributed by atoms with Gasteiger partial charge in [0.2, 0.25) is 0 Å². The second-order valence-electron chi connectivity index (χ2n) is 0.668. The van der Waals surface area contributed by atoms with Gasteiger partial charge in [-0.2, -0.15) is 0 Å². The van der Waals surface area contributed by atoms with E-state index in [2.05, 4.69) is 0 Å². The Morgan fingerprint density at radius 2 is 2.00 bits per heavy atom. The van der Waals surface area contributed by atoms with Crippen LogP contribution in [0.3, 0.4) is 0 Å². The van der Waals surface area contributed by atoms with E-state index in [-0.39, 0.29) is 0 Å². The van der Waals surface area contributed by atoms with Gasteiger partial charge in [-0.15, -0.1) is 0 Å². The molecule has 1 N–H and O–H groups in total. The molecule has 50 valence electrons. The topological polar surface area (TPSA) is 97.5 Å². The van der Waals surface area contributed by atoms with Crippen LogP contribution in [0.25, 0.3) is 0 Å². The van der Waals surface area contributed by atoms with Gasteiger partial charge >= 0.3 is 49.6 Å². The molecule has 0 radical (unpaired) electrons. The zero-order chi connectivity index (χ0) is 6.78. The minimum atomic E-state index is -4.42. The Kier molecular flexibility index (Phi) is 2.35. The molecule has 8 heavy (non-hydrogen) atoms. The first-order valence-corrected chi connectivity index (χ1v) is 4.35. The Bertz CT molecular complexity index is 179. The summed E-state index contributed by atoms with van der Waals surface area (Å²) in [5.74, 6) is 0. The van der Waals surface area contributed by atoms with E-state index in [1.807, 2.05) is 0 Å². The molecule has 8 heteroatoms. The average molecular weight is 183 g/mol. The van der Waals surface area contributed by atoms with Crippen LogP contribution in [-0.4, -0.2) is 16.9 Å². The molecule has 0 heterocycles. The maximum absolute atomic E-state index is 9.56. The number of nitro groups is 1. The molecule has 0 spiro atoms. The van der Waals surface area contributed by atoms with Gasteiger partial charge in [0.15, 0.2) is 0 Å². The fourth-order valence-electron chi connectivity index (χ4n) is 0.0666. The van der Waals surface area contributed by atoms with E-state index >= 15 is 0 Å². The van der Waals surface area contributed by atoms with E-state index in [1.165, 1.54) is 0 Å². The summed E-state index contributed by atoms with van der Waals surface area (Å²) in [5, 5.41) is 9.28. The minimum absolute atomic E-state index is 1.13. The molecule has 0 amide bonds. The zero-order valence-electron chi connectivity index (χ0n) is 3.29. The second-order valence-corrected chi connectivity index (χ2v) is 4.31. The first-order valence-electron chi connectivity index (χ1n) is 1.18. The molecule has 0 aromatic carbocycles. The van der Waals surface area contributed by atoms with Crippen molar-refractivity contribution in [3.8, 4) is 0 Å². The van der Waals surface area contributed by atoms with Crippen LogP contribution in [0.1, 0.15) is 0 Å². The van der Waals surface area contributed by atoms with Crippen LogP contribution in [-0.2, 0) is 22.6 Å². The van der Waals surface area contributed by atoms with Crippen LogP contribution in [0, 0.1) is 10.1 Å². The standard InChI is InChI=1S/Fe.NO2.HO3S/c;2-1-3;1-4(2)3/h;;(H,1,2,3). The Balaban J connectivity index is 3.95. The van der Waals surface area contributed by atoms with E-state index in [1.54, 1.807) is 0 Å². The first-order chi connectivity index (χ1) is 3.42. The summed E-state index contributed by atoms with van der Waals surface area (Å²) in [6.07, 6.45) is 0. The molecule has 0 unspecified atom stereocenters. The van der Waals surface area contributed by atoms with Crippen molar-refractivity contribution in [1.29, 1.82) is 0 Å². The summed E-state index contributed by atoms with van der Waals surface area (Å²) in [4.78, 5) is 9.28. The molecular weight excluding hydrogens is 182 g/mol. The van der Waals surface area contributed by atoms with Crippen molar-refractivity contribution in [2.24, 2.45) is 0 Å². The molecule has 0 fully saturated rings. The molecule has 0 aliphatic heterocycles. The van der Waals surface area contributed by atoms with Gasteiger partial charge in [0.25, 0.3) is 0 Å². The van der Waals surface area contributed by atoms with E-state index in [9.17, 15) is 18.5 Å². The van der Waals surface area contributed by atoms with Gasteiger partial charge in [-0.25, -0.2) is 0 Å². The first kappa shape index (κ1) is 7.83. The monoisotopic (exact) mass is 183 g/mol. The molecule has 0 aliphatic rings. The second kappa shape index (κ2) is 2.40. The molecule has 0 saturated heterocycles. The summed E-state index contributed by atoms with van der Waals surface area (Å²) >= 11 is -1.42. The average Bonchev–Trinajstić information content (AvgIpc) is 1.21. The fraction of sp³-hybridized carbons (Fsp3) is 0. The Morgan fingerprint density at radius 1 is 1.62 bits per heavy atom. The van der Waals surface area contributed by atoms with Crippen LogP contribution in [0.2, 0.25) is 0 Å². The van der Waals surface area contributed by atoms with Crippen LogP contribution >= 0.6 is 0 Å². The fourth-order valence-corrected chi connectivity index (χ4v) is 0.824. The van der Waals surface area contributed by atoms with Crippen LogP contribution in [0.5, 0.6) is 0 Å². The summed E-state index contributed by atoms with van der Waals surface area (Å²) in [6, 6.07) is 0. The van der Waals surface area contributed by atoms with Gasteiger partial charge in [0.1, 0.15) is 0 Å². The van der Waals surface area contributed by atoms with Gasteiger partial charge in [0.05, 0.1) is 0 Å². The van der Waals surface area contributed by atoms with Gasteiger partial charge in [0, 0.05) is 0 Å². The van der Waals surface area contributed by atoms with Crippen molar-refractivity contribution in [3.63, 3.8) is 0 Å². The quantitative estimate of drug-likeness (QED) is 0.258. The predicted molar refractivity (Wildman–Crippen MR) is 18.5 cm³/mol. The number of rotatable bonds is 2. The summed E-state index contributed by atoms with van der Waals surface area (Å²) in [7, 11) is -4.42. The van der Waals surface area contributed by atoms with E-state index < -0.39 is 26.5 Å². The van der Waals surface area contributed by atoms with E-state index in [0.717, 1.165) is 0 Å². The molecule has 0 rings (SSSR count).